The van der Waals surface area contributed by atoms with Crippen molar-refractivity contribution in [3.8, 4) is 17.2 Å². The van der Waals surface area contributed by atoms with Crippen LogP contribution in [0.15, 0.2) is 91.1 Å². The number of hydrogen-bond acceptors (Lipinski definition) is 8. The first kappa shape index (κ1) is 22.4. The van der Waals surface area contributed by atoms with Gasteiger partial charge in [-0.05, 0) is 60.7 Å². The number of methoxy groups -OCH3 is 1. The van der Waals surface area contributed by atoms with Gasteiger partial charge in [0.2, 0.25) is 16.9 Å². The molecule has 0 saturated heterocycles. The fourth-order valence-electron chi connectivity index (χ4n) is 3.40. The first-order valence-electron chi connectivity index (χ1n) is 10.2. The molecule has 2 heterocycles. The summed E-state index contributed by atoms with van der Waals surface area (Å²) in [7, 11) is 1.29. The number of esters is 2. The van der Waals surface area contributed by atoms with E-state index in [1.165, 1.54) is 55.8 Å². The van der Waals surface area contributed by atoms with E-state index in [9.17, 15) is 14.4 Å². The third kappa shape index (κ3) is 4.53. The van der Waals surface area contributed by atoms with Crippen LogP contribution in [0.1, 0.15) is 20.9 Å². The fraction of sp³-hybridized carbons (Fsp3) is 0.0385. The van der Waals surface area contributed by atoms with Gasteiger partial charge in [-0.1, -0.05) is 15.9 Å². The van der Waals surface area contributed by atoms with Crippen LogP contribution in [0, 0.1) is 0 Å². The Bertz CT molecular complexity index is 1650. The quantitative estimate of drug-likeness (QED) is 0.196. The van der Waals surface area contributed by atoms with Gasteiger partial charge in [-0.15, -0.1) is 0 Å². The minimum absolute atomic E-state index is 0.0403. The standard InChI is InChI=1S/C26H15BrO8/c1-31-25(29)14-2-5-17(6-3-14)33-23-13-32-21-12-18(7-8-19(21)24(23)28)34-26(30)22-11-15-10-16(27)4-9-20(15)35-22/h2-13H,1H3. The van der Waals surface area contributed by atoms with Crippen LogP contribution >= 0.6 is 15.9 Å². The topological polar surface area (TPSA) is 105 Å². The zero-order valence-corrected chi connectivity index (χ0v) is 19.7. The maximum absolute atomic E-state index is 12.9. The number of ether oxygens (including phenoxy) is 3. The summed E-state index contributed by atoms with van der Waals surface area (Å²) in [5.41, 5.74) is 0.700. The van der Waals surface area contributed by atoms with Crippen molar-refractivity contribution < 1.29 is 32.6 Å². The van der Waals surface area contributed by atoms with Crippen molar-refractivity contribution in [3.63, 3.8) is 0 Å². The SMILES string of the molecule is COC(=O)c1ccc(Oc2coc3cc(OC(=O)c4cc5cc(Br)ccc5o4)ccc3c2=O)cc1. The molecule has 5 rings (SSSR count). The van der Waals surface area contributed by atoms with E-state index in [0.29, 0.717) is 16.9 Å². The van der Waals surface area contributed by atoms with Crippen molar-refractivity contribution in [2.45, 2.75) is 0 Å². The molecule has 0 spiro atoms. The number of benzene rings is 3. The average molecular weight is 535 g/mol. The number of hydrogen-bond donors (Lipinski definition) is 0. The maximum atomic E-state index is 12.9. The molecule has 35 heavy (non-hydrogen) atoms. The minimum Gasteiger partial charge on any atom is -0.465 e. The lowest BCUT2D eigenvalue weighted by Gasteiger charge is -2.07. The molecule has 0 N–H and O–H groups in total. The van der Waals surface area contributed by atoms with Crippen LogP contribution in [0.2, 0.25) is 0 Å². The van der Waals surface area contributed by atoms with E-state index in [1.807, 2.05) is 12.1 Å². The molecule has 9 heteroatoms. The van der Waals surface area contributed by atoms with Crippen molar-refractivity contribution in [1.29, 1.82) is 0 Å². The molecule has 0 fully saturated rings. The van der Waals surface area contributed by atoms with Crippen molar-refractivity contribution in [3.05, 3.63) is 99.0 Å². The molecule has 0 amide bonds. The van der Waals surface area contributed by atoms with Crippen LogP contribution in [-0.4, -0.2) is 19.0 Å². The van der Waals surface area contributed by atoms with Crippen molar-refractivity contribution >= 4 is 49.8 Å². The monoisotopic (exact) mass is 534 g/mol. The van der Waals surface area contributed by atoms with E-state index in [2.05, 4.69) is 20.7 Å². The highest BCUT2D eigenvalue weighted by Crippen LogP contribution is 2.27. The van der Waals surface area contributed by atoms with Crippen LogP contribution in [0.5, 0.6) is 17.2 Å². The third-order valence-electron chi connectivity index (χ3n) is 5.11. The molecule has 174 valence electrons. The molecule has 0 unspecified atom stereocenters. The summed E-state index contributed by atoms with van der Waals surface area (Å²) in [6, 6.07) is 17.5. The number of carbonyl (C=O) groups excluding carboxylic acids is 2. The number of carbonyl (C=O) groups is 2. The van der Waals surface area contributed by atoms with E-state index in [4.69, 9.17) is 18.3 Å². The second kappa shape index (κ2) is 9.11. The first-order chi connectivity index (χ1) is 16.9. The van der Waals surface area contributed by atoms with Gasteiger partial charge < -0.3 is 23.0 Å². The van der Waals surface area contributed by atoms with E-state index in [1.54, 1.807) is 12.1 Å². The highest BCUT2D eigenvalue weighted by molar-refractivity contribution is 9.10. The molecular weight excluding hydrogens is 520 g/mol. The molecule has 0 bridgehead atoms. The summed E-state index contributed by atoms with van der Waals surface area (Å²) in [5, 5.41) is 0.991. The van der Waals surface area contributed by atoms with Crippen LogP contribution < -0.4 is 14.9 Å². The highest BCUT2D eigenvalue weighted by Gasteiger charge is 2.17. The van der Waals surface area contributed by atoms with Crippen molar-refractivity contribution in [1.82, 2.24) is 0 Å². The summed E-state index contributed by atoms with van der Waals surface area (Å²) in [5.74, 6) is -0.642. The summed E-state index contributed by atoms with van der Waals surface area (Å²) >= 11 is 3.38. The zero-order chi connectivity index (χ0) is 24.5. The number of halogens is 1. The molecule has 0 saturated carbocycles. The molecule has 2 aromatic heterocycles. The Kier molecular flexibility index (Phi) is 5.84. The second-order valence-electron chi connectivity index (χ2n) is 7.39. The lowest BCUT2D eigenvalue weighted by atomic mass is 10.2. The molecule has 0 radical (unpaired) electrons. The Morgan fingerprint density at radius 2 is 1.63 bits per heavy atom. The van der Waals surface area contributed by atoms with Crippen molar-refractivity contribution in [2.75, 3.05) is 7.11 Å². The molecule has 0 aliphatic rings. The van der Waals surface area contributed by atoms with Gasteiger partial charge in [0.25, 0.3) is 0 Å². The van der Waals surface area contributed by atoms with Crippen LogP contribution in [-0.2, 0) is 4.74 Å². The fourth-order valence-corrected chi connectivity index (χ4v) is 3.78. The third-order valence-corrected chi connectivity index (χ3v) is 5.60. The van der Waals surface area contributed by atoms with E-state index >= 15 is 0 Å². The van der Waals surface area contributed by atoms with Gasteiger partial charge >= 0.3 is 11.9 Å². The van der Waals surface area contributed by atoms with E-state index in [-0.39, 0.29) is 28.2 Å². The average Bonchev–Trinajstić information content (AvgIpc) is 3.29. The van der Waals surface area contributed by atoms with Gasteiger partial charge in [0.15, 0.2) is 0 Å². The zero-order valence-electron chi connectivity index (χ0n) is 18.1. The maximum Gasteiger partial charge on any atom is 0.379 e. The van der Waals surface area contributed by atoms with Crippen LogP contribution in [0.3, 0.4) is 0 Å². The normalized spacial score (nSPS) is 10.9. The summed E-state index contributed by atoms with van der Waals surface area (Å²) in [6.45, 7) is 0. The van der Waals surface area contributed by atoms with E-state index < -0.39 is 17.4 Å². The molecule has 8 nitrogen and oxygen atoms in total. The van der Waals surface area contributed by atoms with Crippen molar-refractivity contribution in [2.24, 2.45) is 0 Å². The smallest absolute Gasteiger partial charge is 0.379 e. The largest absolute Gasteiger partial charge is 0.465 e. The molecule has 0 aliphatic carbocycles. The van der Waals surface area contributed by atoms with Gasteiger partial charge in [-0.25, -0.2) is 9.59 Å². The van der Waals surface area contributed by atoms with Gasteiger partial charge in [0.05, 0.1) is 18.1 Å². The Balaban J connectivity index is 1.36. The molecule has 0 atom stereocenters. The van der Waals surface area contributed by atoms with Crippen LogP contribution in [0.4, 0.5) is 0 Å². The van der Waals surface area contributed by atoms with Gasteiger partial charge in [-0.3, -0.25) is 4.79 Å². The summed E-state index contributed by atoms with van der Waals surface area (Å²) < 4.78 is 27.6. The summed E-state index contributed by atoms with van der Waals surface area (Å²) in [4.78, 5) is 36.9. The number of furan rings is 1. The van der Waals surface area contributed by atoms with Gasteiger partial charge in [0.1, 0.15) is 28.9 Å². The summed E-state index contributed by atoms with van der Waals surface area (Å²) in [6.07, 6.45) is 1.17. The first-order valence-corrected chi connectivity index (χ1v) is 11.0. The Labute approximate surface area is 205 Å². The van der Waals surface area contributed by atoms with Gasteiger partial charge in [-0.2, -0.15) is 0 Å². The predicted octanol–water partition coefficient (Wildman–Crippen LogP) is 6.10. The lowest BCUT2D eigenvalue weighted by molar-refractivity contribution is 0.0600. The molecule has 3 aromatic carbocycles. The predicted molar refractivity (Wildman–Crippen MR) is 129 cm³/mol. The van der Waals surface area contributed by atoms with Crippen LogP contribution in [0.25, 0.3) is 21.9 Å². The van der Waals surface area contributed by atoms with Gasteiger partial charge in [0, 0.05) is 15.9 Å². The Hall–Kier alpha value is -4.37. The molecule has 0 aliphatic heterocycles. The molecule has 5 aromatic rings. The highest BCUT2D eigenvalue weighted by atomic mass is 79.9. The molecular formula is C26H15BrO8. The second-order valence-corrected chi connectivity index (χ2v) is 8.30. The number of rotatable bonds is 5. The minimum atomic E-state index is -0.686. The Morgan fingerprint density at radius 1 is 0.857 bits per heavy atom. The number of fused-ring (bicyclic) bond motifs is 2. The van der Waals surface area contributed by atoms with E-state index in [0.717, 1.165) is 9.86 Å². The Morgan fingerprint density at radius 3 is 2.40 bits per heavy atom. The lowest BCUT2D eigenvalue weighted by Crippen LogP contribution is -2.08.